The minimum atomic E-state index is 0.241. The molecule has 2 aliphatic rings. The lowest BCUT2D eigenvalue weighted by atomic mass is 10.1. The van der Waals surface area contributed by atoms with Gasteiger partial charge in [-0.25, -0.2) is 0 Å². The van der Waals surface area contributed by atoms with Crippen LogP contribution in [0.2, 0.25) is 0 Å². The molecule has 138 valence electrons. The van der Waals surface area contributed by atoms with E-state index in [9.17, 15) is 4.79 Å². The fourth-order valence-electron chi connectivity index (χ4n) is 3.55. The highest BCUT2D eigenvalue weighted by molar-refractivity contribution is 7.10. The van der Waals surface area contributed by atoms with Gasteiger partial charge in [0.25, 0.3) is 0 Å². The van der Waals surface area contributed by atoms with Crippen molar-refractivity contribution in [2.75, 3.05) is 39.8 Å². The number of carbonyl (C=O) groups excluding carboxylic acids is 1. The quantitative estimate of drug-likeness (QED) is 0.611. The maximum Gasteiger partial charge on any atom is 0.222 e. The summed E-state index contributed by atoms with van der Waals surface area (Å²) in [7, 11) is 1.80. The second-order valence-electron chi connectivity index (χ2n) is 6.72. The standard InChI is InChI=1S/C18H29N5OS/c1-3-17(24)23-9-4-15(13-23)21-18(19-2)20-7-10-22-8-5-16-14(12-22)6-11-25-16/h6,11,15H,3-5,7-10,12-13H2,1-2H3,(H2,19,20,21). The summed E-state index contributed by atoms with van der Waals surface area (Å²) in [6.07, 6.45) is 2.74. The highest BCUT2D eigenvalue weighted by atomic mass is 32.1. The van der Waals surface area contributed by atoms with Crippen LogP contribution in [-0.4, -0.2) is 67.5 Å². The van der Waals surface area contributed by atoms with Crippen molar-refractivity contribution in [1.82, 2.24) is 20.4 Å². The summed E-state index contributed by atoms with van der Waals surface area (Å²) in [5.41, 5.74) is 1.49. The number of hydrogen-bond donors (Lipinski definition) is 2. The topological polar surface area (TPSA) is 60.0 Å². The normalized spacial score (nSPS) is 21.3. The number of hydrogen-bond acceptors (Lipinski definition) is 4. The molecule has 1 atom stereocenters. The Labute approximate surface area is 154 Å². The van der Waals surface area contributed by atoms with Gasteiger partial charge in [-0.3, -0.25) is 14.7 Å². The minimum Gasteiger partial charge on any atom is -0.355 e. The molecular formula is C18H29N5OS. The van der Waals surface area contributed by atoms with Crippen LogP contribution in [0.15, 0.2) is 16.4 Å². The molecule has 25 heavy (non-hydrogen) atoms. The lowest BCUT2D eigenvalue weighted by molar-refractivity contribution is -0.129. The zero-order chi connectivity index (χ0) is 17.6. The molecule has 1 saturated heterocycles. The molecule has 0 spiro atoms. The first-order valence-electron chi connectivity index (χ1n) is 9.22. The molecule has 3 heterocycles. The third-order valence-electron chi connectivity index (χ3n) is 5.02. The average Bonchev–Trinajstić information content (AvgIpc) is 3.28. The predicted octanol–water partition coefficient (Wildman–Crippen LogP) is 1.28. The highest BCUT2D eigenvalue weighted by Crippen LogP contribution is 2.23. The maximum atomic E-state index is 11.8. The van der Waals surface area contributed by atoms with Crippen molar-refractivity contribution in [3.8, 4) is 0 Å². The third kappa shape index (κ3) is 4.73. The second-order valence-corrected chi connectivity index (χ2v) is 7.72. The summed E-state index contributed by atoms with van der Waals surface area (Å²) < 4.78 is 0. The van der Waals surface area contributed by atoms with Gasteiger partial charge < -0.3 is 15.5 Å². The number of carbonyl (C=O) groups is 1. The molecule has 3 rings (SSSR count). The van der Waals surface area contributed by atoms with E-state index in [0.717, 1.165) is 51.6 Å². The number of aliphatic imine (C=N–C) groups is 1. The van der Waals surface area contributed by atoms with E-state index >= 15 is 0 Å². The Hall–Kier alpha value is -1.60. The largest absolute Gasteiger partial charge is 0.355 e. The zero-order valence-electron chi connectivity index (χ0n) is 15.3. The smallest absolute Gasteiger partial charge is 0.222 e. The first-order valence-corrected chi connectivity index (χ1v) is 10.1. The average molecular weight is 364 g/mol. The summed E-state index contributed by atoms with van der Waals surface area (Å²) in [6, 6.07) is 2.55. The Morgan fingerprint density at radius 1 is 1.44 bits per heavy atom. The van der Waals surface area contributed by atoms with Crippen LogP contribution < -0.4 is 10.6 Å². The molecule has 0 aromatic carbocycles. The molecule has 0 aliphatic carbocycles. The van der Waals surface area contributed by atoms with Crippen LogP contribution in [0.25, 0.3) is 0 Å². The SMILES string of the molecule is CCC(=O)N1CCC(NC(=NC)NCCN2CCc3sccc3C2)C1. The number of thiophene rings is 1. The van der Waals surface area contributed by atoms with Gasteiger partial charge >= 0.3 is 0 Å². The summed E-state index contributed by atoms with van der Waals surface area (Å²) in [4.78, 5) is 22.1. The molecule has 0 radical (unpaired) electrons. The van der Waals surface area contributed by atoms with E-state index in [4.69, 9.17) is 0 Å². The van der Waals surface area contributed by atoms with Crippen LogP contribution in [0, 0.1) is 0 Å². The van der Waals surface area contributed by atoms with E-state index in [0.29, 0.717) is 12.5 Å². The van der Waals surface area contributed by atoms with Gasteiger partial charge in [0, 0.05) is 63.7 Å². The number of fused-ring (bicyclic) bond motifs is 1. The summed E-state index contributed by atoms with van der Waals surface area (Å²) >= 11 is 1.88. The van der Waals surface area contributed by atoms with Crippen molar-refractivity contribution in [3.63, 3.8) is 0 Å². The van der Waals surface area contributed by atoms with Crippen LogP contribution in [-0.2, 0) is 17.8 Å². The van der Waals surface area contributed by atoms with Crippen molar-refractivity contribution in [2.24, 2.45) is 4.99 Å². The molecular weight excluding hydrogens is 334 g/mol. The van der Waals surface area contributed by atoms with Crippen LogP contribution >= 0.6 is 11.3 Å². The molecule has 1 fully saturated rings. The molecule has 1 aromatic heterocycles. The van der Waals surface area contributed by atoms with Crippen molar-refractivity contribution in [3.05, 3.63) is 21.9 Å². The van der Waals surface area contributed by atoms with Crippen molar-refractivity contribution in [2.45, 2.75) is 38.8 Å². The summed E-state index contributed by atoms with van der Waals surface area (Å²) in [5.74, 6) is 1.08. The molecule has 2 aliphatic heterocycles. The predicted molar refractivity (Wildman–Crippen MR) is 103 cm³/mol. The Kier molecular flexibility index (Phi) is 6.31. The highest BCUT2D eigenvalue weighted by Gasteiger charge is 2.25. The van der Waals surface area contributed by atoms with Gasteiger partial charge in [0.1, 0.15) is 0 Å². The fraction of sp³-hybridized carbons (Fsp3) is 0.667. The van der Waals surface area contributed by atoms with Gasteiger partial charge in [-0.15, -0.1) is 11.3 Å². The van der Waals surface area contributed by atoms with Crippen LogP contribution in [0.5, 0.6) is 0 Å². The van der Waals surface area contributed by atoms with Crippen LogP contribution in [0.1, 0.15) is 30.2 Å². The van der Waals surface area contributed by atoms with Gasteiger partial charge in [0.05, 0.1) is 0 Å². The molecule has 2 N–H and O–H groups in total. The molecule has 1 aromatic rings. The van der Waals surface area contributed by atoms with Gasteiger partial charge in [-0.1, -0.05) is 6.92 Å². The molecule has 1 unspecified atom stereocenters. The van der Waals surface area contributed by atoms with E-state index in [-0.39, 0.29) is 5.91 Å². The zero-order valence-corrected chi connectivity index (χ0v) is 16.1. The van der Waals surface area contributed by atoms with Gasteiger partial charge in [-0.2, -0.15) is 0 Å². The number of likely N-dealkylation sites (tertiary alicyclic amines) is 1. The summed E-state index contributed by atoms with van der Waals surface area (Å²) in [5, 5.41) is 9.07. The molecule has 0 saturated carbocycles. The number of rotatable bonds is 5. The van der Waals surface area contributed by atoms with E-state index in [1.807, 2.05) is 23.2 Å². The van der Waals surface area contributed by atoms with Crippen molar-refractivity contribution in [1.29, 1.82) is 0 Å². The Bertz CT molecular complexity index is 614. The fourth-order valence-corrected chi connectivity index (χ4v) is 4.44. The molecule has 0 bridgehead atoms. The van der Waals surface area contributed by atoms with E-state index in [2.05, 4.69) is 32.0 Å². The molecule has 7 heteroatoms. The van der Waals surface area contributed by atoms with E-state index in [1.165, 1.54) is 12.0 Å². The van der Waals surface area contributed by atoms with Crippen LogP contribution in [0.3, 0.4) is 0 Å². The minimum absolute atomic E-state index is 0.241. The number of nitrogens with one attached hydrogen (secondary N) is 2. The first kappa shape index (κ1) is 18.2. The number of guanidine groups is 1. The van der Waals surface area contributed by atoms with Crippen LogP contribution in [0.4, 0.5) is 0 Å². The van der Waals surface area contributed by atoms with Crippen molar-refractivity contribution >= 4 is 23.2 Å². The van der Waals surface area contributed by atoms with Gasteiger partial charge in [-0.05, 0) is 29.9 Å². The monoisotopic (exact) mass is 363 g/mol. The first-order chi connectivity index (χ1) is 12.2. The summed E-state index contributed by atoms with van der Waals surface area (Å²) in [6.45, 7) is 7.63. The molecule has 1 amide bonds. The second kappa shape index (κ2) is 8.67. The Balaban J connectivity index is 1.38. The third-order valence-corrected chi connectivity index (χ3v) is 6.04. The Morgan fingerprint density at radius 3 is 3.12 bits per heavy atom. The molecule has 6 nitrogen and oxygen atoms in total. The van der Waals surface area contributed by atoms with Crippen molar-refractivity contribution < 1.29 is 4.79 Å². The lowest BCUT2D eigenvalue weighted by Crippen LogP contribution is -2.47. The maximum absolute atomic E-state index is 11.8. The van der Waals surface area contributed by atoms with Gasteiger partial charge in [0.2, 0.25) is 5.91 Å². The van der Waals surface area contributed by atoms with E-state index < -0.39 is 0 Å². The number of amides is 1. The van der Waals surface area contributed by atoms with E-state index in [1.54, 1.807) is 11.9 Å². The number of nitrogens with zero attached hydrogens (tertiary/aromatic N) is 3. The Morgan fingerprint density at radius 2 is 2.32 bits per heavy atom. The lowest BCUT2D eigenvalue weighted by Gasteiger charge is -2.27. The van der Waals surface area contributed by atoms with Gasteiger partial charge in [0.15, 0.2) is 5.96 Å².